The smallest absolute Gasteiger partial charge is 0.252 e. The molecule has 9 nitrogen and oxygen atoms in total. The average Bonchev–Trinajstić information content (AvgIpc) is 3.52. The second-order valence-electron chi connectivity index (χ2n) is 10.6. The number of nitrogens with zero attached hydrogens (tertiary/aromatic N) is 3. The monoisotopic (exact) mass is 567 g/mol. The van der Waals surface area contributed by atoms with Gasteiger partial charge in [0.2, 0.25) is 9.84 Å². The van der Waals surface area contributed by atoms with Gasteiger partial charge in [0.25, 0.3) is 10.0 Å². The van der Waals surface area contributed by atoms with E-state index in [1.807, 2.05) is 6.07 Å². The summed E-state index contributed by atoms with van der Waals surface area (Å²) in [7, 11) is -7.69. The molecule has 0 N–H and O–H groups in total. The maximum absolute atomic E-state index is 13.5. The molecule has 1 aromatic carbocycles. The van der Waals surface area contributed by atoms with Crippen molar-refractivity contribution in [2.75, 3.05) is 39.5 Å². The molecule has 0 atom stereocenters. The Bertz CT molecular complexity index is 1490. The van der Waals surface area contributed by atoms with Crippen LogP contribution >= 0.6 is 11.3 Å². The Morgan fingerprint density at radius 1 is 0.946 bits per heavy atom. The molecule has 0 aliphatic carbocycles. The van der Waals surface area contributed by atoms with Crippen LogP contribution in [0.15, 0.2) is 43.6 Å². The number of hydrogen-bond acceptors (Lipinski definition) is 8. The van der Waals surface area contributed by atoms with Crippen molar-refractivity contribution in [1.82, 2.24) is 13.9 Å². The van der Waals surface area contributed by atoms with E-state index in [0.717, 1.165) is 55.3 Å². The van der Waals surface area contributed by atoms with Gasteiger partial charge in [0.05, 0.1) is 29.1 Å². The minimum atomic E-state index is -3.92. The van der Waals surface area contributed by atoms with Gasteiger partial charge in [-0.1, -0.05) is 20.8 Å². The summed E-state index contributed by atoms with van der Waals surface area (Å²) < 4.78 is 67.4. The van der Waals surface area contributed by atoms with E-state index in [1.165, 1.54) is 16.4 Å². The summed E-state index contributed by atoms with van der Waals surface area (Å²) in [5.74, 6) is 1.40. The van der Waals surface area contributed by atoms with Crippen LogP contribution < -0.4 is 0 Å². The summed E-state index contributed by atoms with van der Waals surface area (Å²) in [6, 6.07) is 7.78. The molecular formula is C25H33N3O6S3. The van der Waals surface area contributed by atoms with Gasteiger partial charge in [-0.05, 0) is 49.1 Å². The SMILES string of the molecule is CC(C)(C)c1nc2cc(S(=O)(=O)c3ccc(S(=O)(=O)N4CCOCC4)s3)ccc2n1CC1CCOCC1. The number of aromatic nitrogens is 2. The summed E-state index contributed by atoms with van der Waals surface area (Å²) in [5.41, 5.74) is 1.30. The highest BCUT2D eigenvalue weighted by Gasteiger charge is 2.31. The van der Waals surface area contributed by atoms with Crippen LogP contribution in [0.5, 0.6) is 0 Å². The number of ether oxygens (including phenoxy) is 2. The van der Waals surface area contributed by atoms with Crippen LogP contribution in [0.4, 0.5) is 0 Å². The second-order valence-corrected chi connectivity index (χ2v) is 16.0. The van der Waals surface area contributed by atoms with Gasteiger partial charge in [-0.15, -0.1) is 11.3 Å². The van der Waals surface area contributed by atoms with Crippen molar-refractivity contribution in [3.05, 3.63) is 36.2 Å². The van der Waals surface area contributed by atoms with Crippen molar-refractivity contribution >= 4 is 42.2 Å². The molecule has 3 aromatic rings. The Kier molecular flexibility index (Phi) is 7.27. The van der Waals surface area contributed by atoms with Crippen molar-refractivity contribution in [1.29, 1.82) is 0 Å². The largest absolute Gasteiger partial charge is 0.381 e. The van der Waals surface area contributed by atoms with E-state index in [1.54, 1.807) is 12.1 Å². The third-order valence-electron chi connectivity index (χ3n) is 6.87. The molecule has 5 rings (SSSR count). The summed E-state index contributed by atoms with van der Waals surface area (Å²) in [4.78, 5) is 4.98. The fourth-order valence-electron chi connectivity index (χ4n) is 4.84. The first-order valence-corrected chi connectivity index (χ1v) is 16.2. The quantitative estimate of drug-likeness (QED) is 0.447. The molecule has 0 radical (unpaired) electrons. The summed E-state index contributed by atoms with van der Waals surface area (Å²) in [6.07, 6.45) is 1.98. The summed E-state index contributed by atoms with van der Waals surface area (Å²) in [5, 5.41) is 0. The fraction of sp³-hybridized carbons (Fsp3) is 0.560. The molecular weight excluding hydrogens is 534 g/mol. The highest BCUT2D eigenvalue weighted by atomic mass is 32.3. The van der Waals surface area contributed by atoms with Crippen LogP contribution in [0.1, 0.15) is 39.4 Å². The first kappa shape index (κ1) is 26.8. The van der Waals surface area contributed by atoms with Gasteiger partial charge in [-0.3, -0.25) is 0 Å². The molecule has 2 saturated heterocycles. The van der Waals surface area contributed by atoms with Gasteiger partial charge in [0.15, 0.2) is 0 Å². The van der Waals surface area contributed by atoms with E-state index in [-0.39, 0.29) is 31.8 Å². The van der Waals surface area contributed by atoms with Crippen LogP contribution in [0.25, 0.3) is 11.0 Å². The lowest BCUT2D eigenvalue weighted by atomic mass is 9.94. The number of thiophene rings is 1. The number of sulfone groups is 1. The predicted octanol–water partition coefficient (Wildman–Crippen LogP) is 3.68. The van der Waals surface area contributed by atoms with Crippen molar-refractivity contribution in [2.24, 2.45) is 5.92 Å². The first-order valence-electron chi connectivity index (χ1n) is 12.5. The number of sulfonamides is 1. The van der Waals surface area contributed by atoms with Gasteiger partial charge in [0.1, 0.15) is 14.2 Å². The van der Waals surface area contributed by atoms with Crippen LogP contribution in [0, 0.1) is 5.92 Å². The number of benzene rings is 1. The minimum Gasteiger partial charge on any atom is -0.381 e. The molecule has 0 spiro atoms. The van der Waals surface area contributed by atoms with E-state index in [2.05, 4.69) is 25.3 Å². The lowest BCUT2D eigenvalue weighted by molar-refractivity contribution is 0.0611. The zero-order valence-electron chi connectivity index (χ0n) is 21.3. The standard InChI is InChI=1S/C25H33N3O6S3/c1-25(2,3)24-26-20-16-19(4-5-21(20)28(24)17-18-8-12-33-13-9-18)36(29,30)22-6-7-23(35-22)37(31,32)27-10-14-34-15-11-27/h4-7,16,18H,8-15,17H2,1-3H3. The zero-order chi connectivity index (χ0) is 26.4. The summed E-state index contributed by atoms with van der Waals surface area (Å²) >= 11 is 0.781. The Hall–Kier alpha value is -1.83. The first-order chi connectivity index (χ1) is 17.5. The van der Waals surface area contributed by atoms with Gasteiger partial charge >= 0.3 is 0 Å². The fourth-order valence-corrected chi connectivity index (χ4v) is 9.59. The minimum absolute atomic E-state index is 0.00336. The molecule has 0 bridgehead atoms. The Morgan fingerprint density at radius 3 is 2.27 bits per heavy atom. The van der Waals surface area contributed by atoms with Crippen LogP contribution in [0.2, 0.25) is 0 Å². The molecule has 2 aliphatic rings. The number of morpholine rings is 1. The van der Waals surface area contributed by atoms with E-state index < -0.39 is 19.9 Å². The Morgan fingerprint density at radius 2 is 1.59 bits per heavy atom. The third kappa shape index (κ3) is 5.24. The lowest BCUT2D eigenvalue weighted by Gasteiger charge is -2.26. The molecule has 2 aliphatic heterocycles. The van der Waals surface area contributed by atoms with Crippen LogP contribution in [0.3, 0.4) is 0 Å². The molecule has 202 valence electrons. The number of imidazole rings is 1. The van der Waals surface area contributed by atoms with E-state index in [0.29, 0.717) is 24.6 Å². The second kappa shape index (κ2) is 10.0. The van der Waals surface area contributed by atoms with Crippen LogP contribution in [-0.2, 0) is 41.3 Å². The average molecular weight is 568 g/mol. The van der Waals surface area contributed by atoms with E-state index >= 15 is 0 Å². The highest BCUT2D eigenvalue weighted by molar-refractivity contribution is 7.95. The van der Waals surface area contributed by atoms with Gasteiger partial charge in [0, 0.05) is 38.3 Å². The number of hydrogen-bond donors (Lipinski definition) is 0. The molecule has 37 heavy (non-hydrogen) atoms. The maximum atomic E-state index is 13.5. The molecule has 0 amide bonds. The van der Waals surface area contributed by atoms with Crippen molar-refractivity contribution < 1.29 is 26.3 Å². The van der Waals surface area contributed by atoms with Crippen molar-refractivity contribution in [3.8, 4) is 0 Å². The van der Waals surface area contributed by atoms with Gasteiger partial charge in [-0.2, -0.15) is 4.31 Å². The van der Waals surface area contributed by atoms with Crippen molar-refractivity contribution in [3.63, 3.8) is 0 Å². The van der Waals surface area contributed by atoms with E-state index in [4.69, 9.17) is 14.5 Å². The lowest BCUT2D eigenvalue weighted by Crippen LogP contribution is -2.40. The highest BCUT2D eigenvalue weighted by Crippen LogP contribution is 2.35. The van der Waals surface area contributed by atoms with Gasteiger partial charge in [-0.25, -0.2) is 21.8 Å². The molecule has 0 saturated carbocycles. The molecule has 2 fully saturated rings. The Labute approximate surface area is 222 Å². The molecule has 12 heteroatoms. The third-order valence-corrected chi connectivity index (χ3v) is 12.6. The normalized spacial score (nSPS) is 19.0. The molecule has 2 aromatic heterocycles. The van der Waals surface area contributed by atoms with Crippen molar-refractivity contribution in [2.45, 2.75) is 58.9 Å². The number of rotatable bonds is 6. The Balaban J connectivity index is 1.49. The van der Waals surface area contributed by atoms with E-state index in [9.17, 15) is 16.8 Å². The molecule has 4 heterocycles. The maximum Gasteiger partial charge on any atom is 0.252 e. The number of fused-ring (bicyclic) bond motifs is 1. The van der Waals surface area contributed by atoms with Crippen LogP contribution in [-0.4, -0.2) is 70.2 Å². The summed E-state index contributed by atoms with van der Waals surface area (Å²) in [6.45, 7) is 9.81. The van der Waals surface area contributed by atoms with Gasteiger partial charge < -0.3 is 14.0 Å². The topological polar surface area (TPSA) is 108 Å². The predicted molar refractivity (Wildman–Crippen MR) is 141 cm³/mol. The zero-order valence-corrected chi connectivity index (χ0v) is 23.8. The molecule has 0 unspecified atom stereocenters.